The van der Waals surface area contributed by atoms with Crippen molar-refractivity contribution < 1.29 is 19.5 Å². The van der Waals surface area contributed by atoms with Crippen LogP contribution >= 0.6 is 23.1 Å². The maximum Gasteiger partial charge on any atom is 0.352 e. The van der Waals surface area contributed by atoms with E-state index in [1.807, 2.05) is 47.8 Å². The first-order valence-corrected chi connectivity index (χ1v) is 12.0. The van der Waals surface area contributed by atoms with E-state index in [-0.39, 0.29) is 23.9 Å². The Labute approximate surface area is 192 Å². The maximum absolute atomic E-state index is 12.8. The van der Waals surface area contributed by atoms with Gasteiger partial charge < -0.3 is 10.4 Å². The van der Waals surface area contributed by atoms with Crippen LogP contribution in [0.25, 0.3) is 10.8 Å². The van der Waals surface area contributed by atoms with E-state index in [9.17, 15) is 19.5 Å². The summed E-state index contributed by atoms with van der Waals surface area (Å²) >= 11 is 2.95. The minimum atomic E-state index is -1.14. The number of thiophene rings is 1. The fourth-order valence-electron chi connectivity index (χ4n) is 4.14. The third kappa shape index (κ3) is 3.67. The van der Waals surface area contributed by atoms with Crippen LogP contribution in [0.4, 0.5) is 0 Å². The SMILES string of the molecule is O=C(Cc1cccs1)NC1C(=O)N2C(C(=O)O)=C(Cc3nccc4ccccc34)CS[C@@H]12. The number of hydrogen-bond donors (Lipinski definition) is 2. The largest absolute Gasteiger partial charge is 0.477 e. The summed E-state index contributed by atoms with van der Waals surface area (Å²) in [5.41, 5.74) is 1.45. The molecule has 1 saturated heterocycles. The molecule has 2 aliphatic rings. The van der Waals surface area contributed by atoms with Gasteiger partial charge in [0, 0.05) is 28.6 Å². The van der Waals surface area contributed by atoms with Gasteiger partial charge in [0.05, 0.1) is 12.1 Å². The third-order valence-electron chi connectivity index (χ3n) is 5.62. The van der Waals surface area contributed by atoms with Crippen LogP contribution in [0.2, 0.25) is 0 Å². The molecule has 162 valence electrons. The minimum Gasteiger partial charge on any atom is -0.477 e. The first-order chi connectivity index (χ1) is 15.5. The number of aromatic nitrogens is 1. The molecule has 1 unspecified atom stereocenters. The molecule has 0 spiro atoms. The molecule has 4 heterocycles. The van der Waals surface area contributed by atoms with Crippen molar-refractivity contribution >= 4 is 51.7 Å². The molecule has 0 saturated carbocycles. The molecular formula is C23H19N3O4S2. The highest BCUT2D eigenvalue weighted by Crippen LogP contribution is 2.41. The molecule has 1 fully saturated rings. The molecule has 3 aromatic rings. The molecule has 5 rings (SSSR count). The lowest BCUT2D eigenvalue weighted by Gasteiger charge is -2.49. The van der Waals surface area contributed by atoms with Gasteiger partial charge in [-0.15, -0.1) is 23.1 Å². The van der Waals surface area contributed by atoms with E-state index in [1.54, 1.807) is 6.20 Å². The van der Waals surface area contributed by atoms with Gasteiger partial charge in [-0.2, -0.15) is 0 Å². The molecule has 0 bridgehead atoms. The molecule has 2 N–H and O–H groups in total. The smallest absolute Gasteiger partial charge is 0.352 e. The van der Waals surface area contributed by atoms with Gasteiger partial charge in [-0.1, -0.05) is 30.3 Å². The van der Waals surface area contributed by atoms with Gasteiger partial charge in [0.15, 0.2) is 0 Å². The number of carbonyl (C=O) groups is 3. The number of aliphatic carboxylic acids is 1. The summed E-state index contributed by atoms with van der Waals surface area (Å²) in [6.45, 7) is 0. The Hall–Kier alpha value is -3.17. The Morgan fingerprint density at radius 3 is 2.81 bits per heavy atom. The van der Waals surface area contributed by atoms with Crippen LogP contribution in [0.15, 0.2) is 65.3 Å². The summed E-state index contributed by atoms with van der Waals surface area (Å²) in [5, 5.41) is 16.2. The van der Waals surface area contributed by atoms with Gasteiger partial charge in [-0.05, 0) is 28.5 Å². The highest BCUT2D eigenvalue weighted by molar-refractivity contribution is 8.00. The molecule has 0 radical (unpaired) electrons. The molecule has 2 amide bonds. The Bertz CT molecular complexity index is 1250. The maximum atomic E-state index is 12.8. The second-order valence-electron chi connectivity index (χ2n) is 7.62. The van der Waals surface area contributed by atoms with Gasteiger partial charge in [-0.3, -0.25) is 19.5 Å². The van der Waals surface area contributed by atoms with E-state index in [4.69, 9.17) is 0 Å². The lowest BCUT2D eigenvalue weighted by atomic mass is 9.98. The van der Waals surface area contributed by atoms with Crippen LogP contribution in [0.5, 0.6) is 0 Å². The number of fused-ring (bicyclic) bond motifs is 2. The van der Waals surface area contributed by atoms with Crippen molar-refractivity contribution in [2.45, 2.75) is 24.3 Å². The first-order valence-electron chi connectivity index (χ1n) is 10.1. The predicted octanol–water partition coefficient (Wildman–Crippen LogP) is 2.82. The lowest BCUT2D eigenvalue weighted by molar-refractivity contribution is -0.150. The summed E-state index contributed by atoms with van der Waals surface area (Å²) in [4.78, 5) is 44.0. The van der Waals surface area contributed by atoms with Gasteiger partial charge in [0.2, 0.25) is 5.91 Å². The topological polar surface area (TPSA) is 99.6 Å². The normalized spacial score (nSPS) is 20.1. The standard InChI is InChI=1S/C23H19N3O4S2/c27-18(11-15-5-3-9-31-15)25-19-21(28)26-20(23(29)30)14(12-32-22(19)26)10-17-16-6-2-1-4-13(16)7-8-24-17/h1-9,19,22H,10-12H2,(H,25,27)(H,29,30)/t19?,22-/m0/s1. The second-order valence-corrected chi connectivity index (χ2v) is 9.76. The number of carboxylic acid groups (broad SMARTS) is 1. The molecular weight excluding hydrogens is 446 g/mol. The molecule has 9 heteroatoms. The number of β-lactam (4-membered cyclic amide) rings is 1. The van der Waals surface area contributed by atoms with Crippen LogP contribution in [0, 0.1) is 0 Å². The van der Waals surface area contributed by atoms with Crippen molar-refractivity contribution in [1.29, 1.82) is 0 Å². The van der Waals surface area contributed by atoms with E-state index in [2.05, 4.69) is 10.3 Å². The zero-order valence-electron chi connectivity index (χ0n) is 16.9. The Kier molecular flexibility index (Phi) is 5.44. The number of nitrogens with zero attached hydrogens (tertiary/aromatic N) is 2. The molecule has 2 atom stereocenters. The average Bonchev–Trinajstić information content (AvgIpc) is 3.30. The predicted molar refractivity (Wildman–Crippen MR) is 123 cm³/mol. The van der Waals surface area contributed by atoms with Crippen LogP contribution in [-0.4, -0.2) is 49.9 Å². The highest BCUT2D eigenvalue weighted by Gasteiger charge is 2.54. The van der Waals surface area contributed by atoms with Crippen LogP contribution in [-0.2, 0) is 27.2 Å². The van der Waals surface area contributed by atoms with Crippen LogP contribution in [0.3, 0.4) is 0 Å². The lowest BCUT2D eigenvalue weighted by Crippen LogP contribution is -2.70. The molecule has 2 aliphatic heterocycles. The third-order valence-corrected chi connectivity index (χ3v) is 7.83. The Balaban J connectivity index is 1.37. The average molecular weight is 466 g/mol. The number of amides is 2. The molecule has 2 aromatic heterocycles. The van der Waals surface area contributed by atoms with E-state index in [1.165, 1.54) is 28.0 Å². The van der Waals surface area contributed by atoms with Gasteiger partial charge >= 0.3 is 5.97 Å². The van der Waals surface area contributed by atoms with Crippen molar-refractivity contribution in [2.24, 2.45) is 0 Å². The van der Waals surface area contributed by atoms with Crippen molar-refractivity contribution in [2.75, 3.05) is 5.75 Å². The zero-order valence-corrected chi connectivity index (χ0v) is 18.5. The number of hydrogen-bond acceptors (Lipinski definition) is 6. The van der Waals surface area contributed by atoms with E-state index in [0.717, 1.165) is 21.3 Å². The Morgan fingerprint density at radius 2 is 2.03 bits per heavy atom. The Morgan fingerprint density at radius 1 is 1.19 bits per heavy atom. The quantitative estimate of drug-likeness (QED) is 0.543. The minimum absolute atomic E-state index is 0.0113. The van der Waals surface area contributed by atoms with E-state index < -0.39 is 17.4 Å². The highest BCUT2D eigenvalue weighted by atomic mass is 32.2. The fourth-order valence-corrected chi connectivity index (χ4v) is 6.19. The number of benzene rings is 1. The monoisotopic (exact) mass is 465 g/mol. The van der Waals surface area contributed by atoms with Crippen LogP contribution in [0.1, 0.15) is 10.6 Å². The fraction of sp³-hybridized carbons (Fsp3) is 0.217. The number of rotatable bonds is 6. The number of carboxylic acids is 1. The van der Waals surface area contributed by atoms with Crippen molar-refractivity contribution in [3.63, 3.8) is 0 Å². The van der Waals surface area contributed by atoms with Gasteiger partial charge in [-0.25, -0.2) is 4.79 Å². The van der Waals surface area contributed by atoms with E-state index in [0.29, 0.717) is 17.7 Å². The molecule has 7 nitrogen and oxygen atoms in total. The summed E-state index contributed by atoms with van der Waals surface area (Å²) in [7, 11) is 0. The molecule has 1 aromatic carbocycles. The number of pyridine rings is 1. The summed E-state index contributed by atoms with van der Waals surface area (Å²) in [6, 6.07) is 12.8. The van der Waals surface area contributed by atoms with Gasteiger partial charge in [0.25, 0.3) is 5.91 Å². The second kappa shape index (κ2) is 8.40. The molecule has 32 heavy (non-hydrogen) atoms. The number of carbonyl (C=O) groups excluding carboxylic acids is 2. The van der Waals surface area contributed by atoms with Gasteiger partial charge in [0.1, 0.15) is 17.1 Å². The van der Waals surface area contributed by atoms with Crippen LogP contribution < -0.4 is 5.32 Å². The zero-order chi connectivity index (χ0) is 22.2. The van der Waals surface area contributed by atoms with Crippen molar-refractivity contribution in [1.82, 2.24) is 15.2 Å². The summed E-state index contributed by atoms with van der Waals surface area (Å²) in [6.07, 6.45) is 2.27. The number of nitrogens with one attached hydrogen (secondary N) is 1. The molecule has 0 aliphatic carbocycles. The summed E-state index contributed by atoms with van der Waals surface area (Å²) < 4.78 is 0. The van der Waals surface area contributed by atoms with Crippen molar-refractivity contribution in [3.05, 3.63) is 75.9 Å². The number of thioether (sulfide) groups is 1. The van der Waals surface area contributed by atoms with E-state index >= 15 is 0 Å². The van der Waals surface area contributed by atoms with Crippen molar-refractivity contribution in [3.8, 4) is 0 Å². The first kappa shape index (κ1) is 20.7. The summed E-state index contributed by atoms with van der Waals surface area (Å²) in [5.74, 6) is -1.31.